The number of benzene rings is 1. The van der Waals surface area contributed by atoms with Crippen molar-refractivity contribution in [3.8, 4) is 0 Å². The molecule has 5 heteroatoms. The third-order valence-corrected chi connectivity index (χ3v) is 3.59. The molecule has 0 radical (unpaired) electrons. The van der Waals surface area contributed by atoms with Gasteiger partial charge in [-0.05, 0) is 37.6 Å². The van der Waals surface area contributed by atoms with Crippen LogP contribution in [0.1, 0.15) is 26.7 Å². The van der Waals surface area contributed by atoms with E-state index in [9.17, 15) is 8.42 Å². The first kappa shape index (κ1) is 13.0. The third-order valence-electron chi connectivity index (χ3n) is 2.15. The minimum atomic E-state index is -3.65. The Morgan fingerprint density at radius 3 is 2.38 bits per heavy atom. The summed E-state index contributed by atoms with van der Waals surface area (Å²) in [5.74, 6) is 0. The second kappa shape index (κ2) is 5.32. The predicted octanol–water partition coefficient (Wildman–Crippen LogP) is 2.16. The Morgan fingerprint density at radius 1 is 1.31 bits per heavy atom. The van der Waals surface area contributed by atoms with Crippen molar-refractivity contribution in [1.82, 2.24) is 0 Å². The molecule has 0 amide bonds. The van der Waals surface area contributed by atoms with Crippen LogP contribution < -0.4 is 5.73 Å². The molecule has 0 aliphatic carbocycles. The van der Waals surface area contributed by atoms with Gasteiger partial charge < -0.3 is 5.73 Å². The second-order valence-electron chi connectivity index (χ2n) is 3.72. The summed E-state index contributed by atoms with van der Waals surface area (Å²) in [6, 6.07) is 5.98. The highest BCUT2D eigenvalue weighted by Gasteiger charge is 2.18. The van der Waals surface area contributed by atoms with Crippen LogP contribution in [0, 0.1) is 0 Å². The first-order chi connectivity index (χ1) is 7.45. The maximum Gasteiger partial charge on any atom is 0.297 e. The molecule has 4 nitrogen and oxygen atoms in total. The largest absolute Gasteiger partial charge is 0.399 e. The van der Waals surface area contributed by atoms with Crippen LogP contribution in [0.3, 0.4) is 0 Å². The van der Waals surface area contributed by atoms with Crippen molar-refractivity contribution in [1.29, 1.82) is 0 Å². The van der Waals surface area contributed by atoms with Gasteiger partial charge in [0.25, 0.3) is 10.1 Å². The van der Waals surface area contributed by atoms with E-state index in [4.69, 9.17) is 9.92 Å². The average molecular weight is 243 g/mol. The van der Waals surface area contributed by atoms with Crippen molar-refractivity contribution >= 4 is 15.8 Å². The molecule has 0 aliphatic heterocycles. The summed E-state index contributed by atoms with van der Waals surface area (Å²) in [6.45, 7) is 3.73. The van der Waals surface area contributed by atoms with Crippen molar-refractivity contribution in [3.05, 3.63) is 24.3 Å². The summed E-state index contributed by atoms with van der Waals surface area (Å²) in [6.07, 6.45) is 1.31. The summed E-state index contributed by atoms with van der Waals surface area (Å²) in [5.41, 5.74) is 6.01. The monoisotopic (exact) mass is 243 g/mol. The first-order valence-corrected chi connectivity index (χ1v) is 6.65. The zero-order chi connectivity index (χ0) is 12.2. The van der Waals surface area contributed by atoms with Crippen LogP contribution in [0.5, 0.6) is 0 Å². The highest BCUT2D eigenvalue weighted by molar-refractivity contribution is 7.86. The molecule has 16 heavy (non-hydrogen) atoms. The van der Waals surface area contributed by atoms with Gasteiger partial charge in [0.05, 0.1) is 11.0 Å². The summed E-state index contributed by atoms with van der Waals surface area (Å²) in [5, 5.41) is 0. The minimum Gasteiger partial charge on any atom is -0.399 e. The Balaban J connectivity index is 2.82. The number of nitrogen functional groups attached to an aromatic ring is 1. The van der Waals surface area contributed by atoms with Gasteiger partial charge in [0.15, 0.2) is 0 Å². The van der Waals surface area contributed by atoms with Crippen molar-refractivity contribution < 1.29 is 12.6 Å². The minimum absolute atomic E-state index is 0.143. The fourth-order valence-corrected chi connectivity index (χ4v) is 2.47. The summed E-state index contributed by atoms with van der Waals surface area (Å²) in [4.78, 5) is 0.143. The molecule has 0 bridgehead atoms. The highest BCUT2D eigenvalue weighted by atomic mass is 32.2. The van der Waals surface area contributed by atoms with E-state index in [0.717, 1.165) is 6.42 Å². The van der Waals surface area contributed by atoms with Crippen LogP contribution >= 0.6 is 0 Å². The number of anilines is 1. The van der Waals surface area contributed by atoms with Gasteiger partial charge in [-0.2, -0.15) is 8.42 Å². The standard InChI is InChI=1S/C11H17NO3S/c1-3-4-9(2)15-16(13,14)11-7-5-10(12)6-8-11/h5-9H,3-4,12H2,1-2H3/t9-/m0/s1. The third kappa shape index (κ3) is 3.50. The maximum atomic E-state index is 11.8. The molecular weight excluding hydrogens is 226 g/mol. The summed E-state index contributed by atoms with van der Waals surface area (Å²) >= 11 is 0. The zero-order valence-electron chi connectivity index (χ0n) is 9.51. The van der Waals surface area contributed by atoms with E-state index in [1.54, 1.807) is 19.1 Å². The molecule has 0 aliphatic rings. The van der Waals surface area contributed by atoms with Crippen LogP contribution in [0.25, 0.3) is 0 Å². The Kier molecular flexibility index (Phi) is 4.32. The molecule has 0 heterocycles. The van der Waals surface area contributed by atoms with Crippen molar-refractivity contribution in [2.75, 3.05) is 5.73 Å². The SMILES string of the molecule is CCC[C@H](C)OS(=O)(=O)c1ccc(N)cc1. The Hall–Kier alpha value is -1.07. The number of rotatable bonds is 5. The first-order valence-electron chi connectivity index (χ1n) is 5.24. The van der Waals surface area contributed by atoms with Crippen LogP contribution in [-0.4, -0.2) is 14.5 Å². The zero-order valence-corrected chi connectivity index (χ0v) is 10.3. The van der Waals surface area contributed by atoms with E-state index >= 15 is 0 Å². The molecule has 1 rings (SSSR count). The lowest BCUT2D eigenvalue weighted by atomic mass is 10.2. The van der Waals surface area contributed by atoms with E-state index in [2.05, 4.69) is 0 Å². The van der Waals surface area contributed by atoms with Gasteiger partial charge in [0.2, 0.25) is 0 Å². The Morgan fingerprint density at radius 2 is 1.88 bits per heavy atom. The molecule has 0 aromatic heterocycles. The van der Waals surface area contributed by atoms with Crippen LogP contribution in [0.4, 0.5) is 5.69 Å². The number of nitrogens with two attached hydrogens (primary N) is 1. The van der Waals surface area contributed by atoms with Crippen molar-refractivity contribution in [2.24, 2.45) is 0 Å². The molecule has 0 fully saturated rings. The molecule has 0 spiro atoms. The van der Waals surface area contributed by atoms with Gasteiger partial charge in [0.1, 0.15) is 0 Å². The smallest absolute Gasteiger partial charge is 0.297 e. The van der Waals surface area contributed by atoms with Gasteiger partial charge >= 0.3 is 0 Å². The number of hydrogen-bond donors (Lipinski definition) is 1. The van der Waals surface area contributed by atoms with Gasteiger partial charge in [-0.3, -0.25) is 4.18 Å². The Labute approximate surface area is 96.5 Å². The molecule has 90 valence electrons. The lowest BCUT2D eigenvalue weighted by molar-refractivity contribution is 0.217. The topological polar surface area (TPSA) is 69.4 Å². The predicted molar refractivity (Wildman–Crippen MR) is 63.5 cm³/mol. The summed E-state index contributed by atoms with van der Waals surface area (Å²) in [7, 11) is -3.65. The van der Waals surface area contributed by atoms with Crippen LogP contribution in [0.2, 0.25) is 0 Å². The van der Waals surface area contributed by atoms with Gasteiger partial charge in [-0.15, -0.1) is 0 Å². The van der Waals surface area contributed by atoms with E-state index in [1.807, 2.05) is 6.92 Å². The highest BCUT2D eigenvalue weighted by Crippen LogP contribution is 2.17. The molecule has 1 aromatic carbocycles. The van der Waals surface area contributed by atoms with Gasteiger partial charge in [-0.1, -0.05) is 13.3 Å². The molecule has 1 atom stereocenters. The molecule has 2 N–H and O–H groups in total. The van der Waals surface area contributed by atoms with Gasteiger partial charge in [0, 0.05) is 5.69 Å². The molecule has 0 saturated carbocycles. The molecule has 1 aromatic rings. The number of hydrogen-bond acceptors (Lipinski definition) is 4. The quantitative estimate of drug-likeness (QED) is 0.635. The lowest BCUT2D eigenvalue weighted by Gasteiger charge is -2.11. The van der Waals surface area contributed by atoms with Crippen LogP contribution in [-0.2, 0) is 14.3 Å². The van der Waals surface area contributed by atoms with E-state index in [0.29, 0.717) is 12.1 Å². The van der Waals surface area contributed by atoms with Crippen molar-refractivity contribution in [3.63, 3.8) is 0 Å². The fraction of sp³-hybridized carbons (Fsp3) is 0.455. The average Bonchev–Trinajstić information content (AvgIpc) is 2.17. The van der Waals surface area contributed by atoms with E-state index in [1.165, 1.54) is 12.1 Å². The van der Waals surface area contributed by atoms with Gasteiger partial charge in [-0.25, -0.2) is 0 Å². The summed E-state index contributed by atoms with van der Waals surface area (Å²) < 4.78 is 28.6. The molecular formula is C11H17NO3S. The fourth-order valence-electron chi connectivity index (χ4n) is 1.36. The van der Waals surface area contributed by atoms with E-state index < -0.39 is 10.1 Å². The van der Waals surface area contributed by atoms with E-state index in [-0.39, 0.29) is 11.0 Å². The van der Waals surface area contributed by atoms with Crippen molar-refractivity contribution in [2.45, 2.75) is 37.7 Å². The lowest BCUT2D eigenvalue weighted by Crippen LogP contribution is -2.15. The van der Waals surface area contributed by atoms with Crippen LogP contribution in [0.15, 0.2) is 29.2 Å². The Bertz CT molecular complexity index is 425. The maximum absolute atomic E-state index is 11.8. The molecule has 0 unspecified atom stereocenters. The normalized spacial score (nSPS) is 13.6. The second-order valence-corrected chi connectivity index (χ2v) is 5.29. The molecule has 0 saturated heterocycles.